The van der Waals surface area contributed by atoms with Gasteiger partial charge in [-0.05, 0) is 57.0 Å². The van der Waals surface area contributed by atoms with Gasteiger partial charge in [0, 0.05) is 22.1 Å². The lowest BCUT2D eigenvalue weighted by atomic mass is 9.98. The van der Waals surface area contributed by atoms with Crippen molar-refractivity contribution < 1.29 is 0 Å². The fourth-order valence-electron chi connectivity index (χ4n) is 2.70. The smallest absolute Gasteiger partial charge is 0.0424 e. The molecule has 1 nitrogen and oxygen atoms in total. The lowest BCUT2D eigenvalue weighted by molar-refractivity contribution is 0.114. The zero-order valence-corrected chi connectivity index (χ0v) is 11.9. The molecule has 0 radical (unpaired) electrons. The molecular weight excluding hydrogens is 253 g/mol. The highest BCUT2D eigenvalue weighted by molar-refractivity contribution is 6.34. The maximum absolute atomic E-state index is 6.07. The average Bonchev–Trinajstić information content (AvgIpc) is 2.27. The summed E-state index contributed by atoms with van der Waals surface area (Å²) in [6.45, 7) is 5.72. The number of hydrogen-bond acceptors (Lipinski definition) is 1. The number of piperidine rings is 1. The van der Waals surface area contributed by atoms with Crippen LogP contribution in [0.4, 0.5) is 0 Å². The van der Waals surface area contributed by atoms with E-state index in [0.717, 1.165) is 10.0 Å². The number of likely N-dealkylation sites (tertiary alicyclic amines) is 1. The molecule has 1 aliphatic heterocycles. The third-order valence-electron chi connectivity index (χ3n) is 3.72. The van der Waals surface area contributed by atoms with Gasteiger partial charge < -0.3 is 0 Å². The van der Waals surface area contributed by atoms with Crippen LogP contribution in [0.5, 0.6) is 0 Å². The van der Waals surface area contributed by atoms with Crippen molar-refractivity contribution in [2.75, 3.05) is 6.54 Å². The largest absolute Gasteiger partial charge is 0.294 e. The molecule has 17 heavy (non-hydrogen) atoms. The third kappa shape index (κ3) is 3.15. The lowest BCUT2D eigenvalue weighted by Gasteiger charge is -2.38. The van der Waals surface area contributed by atoms with Crippen LogP contribution in [0.25, 0.3) is 0 Å². The van der Waals surface area contributed by atoms with Crippen LogP contribution in [0.1, 0.15) is 44.7 Å². The Morgan fingerprint density at radius 1 is 1.18 bits per heavy atom. The van der Waals surface area contributed by atoms with E-state index in [0.29, 0.717) is 12.1 Å². The fraction of sp³-hybridized carbons (Fsp3) is 0.571. The molecule has 1 aromatic carbocycles. The minimum Gasteiger partial charge on any atom is -0.294 e. The van der Waals surface area contributed by atoms with Crippen LogP contribution in [0.15, 0.2) is 18.2 Å². The van der Waals surface area contributed by atoms with Gasteiger partial charge in [0.1, 0.15) is 0 Å². The monoisotopic (exact) mass is 271 g/mol. The number of halogens is 2. The first kappa shape index (κ1) is 13.2. The van der Waals surface area contributed by atoms with Crippen LogP contribution in [0.2, 0.25) is 10.0 Å². The zero-order valence-electron chi connectivity index (χ0n) is 10.4. The Morgan fingerprint density at radius 3 is 2.41 bits per heavy atom. The second-order valence-electron chi connectivity index (χ2n) is 4.96. The standard InChI is InChI=1S/C14H19Cl2N/c1-10-5-3-4-6-17(10)11(2)12-7-13(15)9-14(16)8-12/h7-11H,3-6H2,1-2H3/t10?,11-/m0/s1. The molecule has 2 rings (SSSR count). The number of hydrogen-bond donors (Lipinski definition) is 0. The molecule has 0 spiro atoms. The van der Waals surface area contributed by atoms with E-state index in [-0.39, 0.29) is 0 Å². The van der Waals surface area contributed by atoms with E-state index in [4.69, 9.17) is 23.2 Å². The molecule has 1 aliphatic rings. The van der Waals surface area contributed by atoms with E-state index < -0.39 is 0 Å². The van der Waals surface area contributed by atoms with Gasteiger partial charge >= 0.3 is 0 Å². The van der Waals surface area contributed by atoms with Gasteiger partial charge in [-0.3, -0.25) is 4.90 Å². The van der Waals surface area contributed by atoms with E-state index in [9.17, 15) is 0 Å². The first-order valence-electron chi connectivity index (χ1n) is 6.29. The Labute approximate surface area is 114 Å². The summed E-state index contributed by atoms with van der Waals surface area (Å²) < 4.78 is 0. The predicted molar refractivity (Wildman–Crippen MR) is 74.9 cm³/mol. The van der Waals surface area contributed by atoms with Crippen LogP contribution >= 0.6 is 23.2 Å². The van der Waals surface area contributed by atoms with Gasteiger partial charge in [-0.25, -0.2) is 0 Å². The van der Waals surface area contributed by atoms with E-state index >= 15 is 0 Å². The van der Waals surface area contributed by atoms with Crippen molar-refractivity contribution >= 4 is 23.2 Å². The van der Waals surface area contributed by atoms with Crippen LogP contribution in [-0.2, 0) is 0 Å². The highest BCUT2D eigenvalue weighted by Gasteiger charge is 2.24. The Balaban J connectivity index is 2.20. The minimum atomic E-state index is 0.390. The molecule has 0 saturated carbocycles. The number of benzene rings is 1. The van der Waals surface area contributed by atoms with Gasteiger partial charge in [-0.2, -0.15) is 0 Å². The molecule has 1 aromatic rings. The van der Waals surface area contributed by atoms with Gasteiger partial charge in [-0.1, -0.05) is 29.6 Å². The maximum atomic E-state index is 6.07. The molecule has 94 valence electrons. The predicted octanol–water partition coefficient (Wildman–Crippen LogP) is 4.93. The number of rotatable bonds is 2. The quantitative estimate of drug-likeness (QED) is 0.738. The molecule has 3 heteroatoms. The molecule has 1 saturated heterocycles. The fourth-order valence-corrected chi connectivity index (χ4v) is 3.25. The number of nitrogens with zero attached hydrogens (tertiary/aromatic N) is 1. The maximum Gasteiger partial charge on any atom is 0.0424 e. The van der Waals surface area contributed by atoms with Gasteiger partial charge in [0.15, 0.2) is 0 Å². The normalized spacial score (nSPS) is 23.6. The second kappa shape index (κ2) is 5.60. The Kier molecular flexibility index (Phi) is 4.35. The van der Waals surface area contributed by atoms with E-state index in [1.165, 1.54) is 31.4 Å². The summed E-state index contributed by atoms with van der Waals surface area (Å²) in [5.74, 6) is 0. The first-order chi connectivity index (χ1) is 8.08. The summed E-state index contributed by atoms with van der Waals surface area (Å²) in [7, 11) is 0. The van der Waals surface area contributed by atoms with E-state index in [2.05, 4.69) is 18.7 Å². The van der Waals surface area contributed by atoms with Crippen molar-refractivity contribution in [3.8, 4) is 0 Å². The summed E-state index contributed by atoms with van der Waals surface area (Å²) in [5, 5.41) is 1.45. The van der Waals surface area contributed by atoms with Gasteiger partial charge in [0.25, 0.3) is 0 Å². The molecule has 0 N–H and O–H groups in total. The molecule has 1 unspecified atom stereocenters. The summed E-state index contributed by atoms with van der Waals surface area (Å²) >= 11 is 12.1. The summed E-state index contributed by atoms with van der Waals surface area (Å²) in [4.78, 5) is 2.55. The van der Waals surface area contributed by atoms with Crippen molar-refractivity contribution in [1.82, 2.24) is 4.90 Å². The Bertz CT molecular complexity index is 372. The van der Waals surface area contributed by atoms with E-state index in [1.807, 2.05) is 12.1 Å². The van der Waals surface area contributed by atoms with Crippen LogP contribution in [-0.4, -0.2) is 17.5 Å². The molecule has 0 aromatic heterocycles. The third-order valence-corrected chi connectivity index (χ3v) is 4.16. The Hall–Kier alpha value is -0.240. The zero-order chi connectivity index (χ0) is 12.4. The van der Waals surface area contributed by atoms with Crippen LogP contribution < -0.4 is 0 Å². The van der Waals surface area contributed by atoms with Crippen molar-refractivity contribution in [2.45, 2.75) is 45.2 Å². The second-order valence-corrected chi connectivity index (χ2v) is 5.83. The Morgan fingerprint density at radius 2 is 1.82 bits per heavy atom. The summed E-state index contributed by atoms with van der Waals surface area (Å²) in [6, 6.07) is 6.88. The van der Waals surface area contributed by atoms with Crippen LogP contribution in [0, 0.1) is 0 Å². The van der Waals surface area contributed by atoms with Crippen molar-refractivity contribution in [1.29, 1.82) is 0 Å². The average molecular weight is 272 g/mol. The van der Waals surface area contributed by atoms with Gasteiger partial charge in [0.2, 0.25) is 0 Å². The molecule has 0 aliphatic carbocycles. The molecular formula is C14H19Cl2N. The van der Waals surface area contributed by atoms with Crippen LogP contribution in [0.3, 0.4) is 0 Å². The first-order valence-corrected chi connectivity index (χ1v) is 7.05. The van der Waals surface area contributed by atoms with Gasteiger partial charge in [0.05, 0.1) is 0 Å². The molecule has 1 fully saturated rings. The van der Waals surface area contributed by atoms with Crippen molar-refractivity contribution in [2.24, 2.45) is 0 Å². The topological polar surface area (TPSA) is 3.24 Å². The molecule has 0 amide bonds. The van der Waals surface area contributed by atoms with Gasteiger partial charge in [-0.15, -0.1) is 0 Å². The van der Waals surface area contributed by atoms with Crippen molar-refractivity contribution in [3.05, 3.63) is 33.8 Å². The lowest BCUT2D eigenvalue weighted by Crippen LogP contribution is -2.39. The molecule has 1 heterocycles. The minimum absolute atomic E-state index is 0.390. The summed E-state index contributed by atoms with van der Waals surface area (Å²) in [5.41, 5.74) is 1.22. The van der Waals surface area contributed by atoms with Crippen molar-refractivity contribution in [3.63, 3.8) is 0 Å². The summed E-state index contributed by atoms with van der Waals surface area (Å²) in [6.07, 6.45) is 3.93. The molecule has 2 atom stereocenters. The molecule has 0 bridgehead atoms. The van der Waals surface area contributed by atoms with E-state index in [1.54, 1.807) is 6.07 Å². The highest BCUT2D eigenvalue weighted by Crippen LogP contribution is 2.31. The SMILES string of the molecule is CC1CCCCN1[C@@H](C)c1cc(Cl)cc(Cl)c1. The highest BCUT2D eigenvalue weighted by atomic mass is 35.5.